The van der Waals surface area contributed by atoms with Crippen molar-refractivity contribution in [1.29, 1.82) is 5.26 Å². The van der Waals surface area contributed by atoms with E-state index in [9.17, 15) is 14.9 Å². The number of hydrogen-bond acceptors (Lipinski definition) is 5. The van der Waals surface area contributed by atoms with Gasteiger partial charge >= 0.3 is 5.97 Å². The zero-order valence-electron chi connectivity index (χ0n) is 14.8. The Morgan fingerprint density at radius 2 is 1.92 bits per heavy atom. The summed E-state index contributed by atoms with van der Waals surface area (Å²) in [5.74, 6) is -0.457. The van der Waals surface area contributed by atoms with Crippen LogP contribution in [0.3, 0.4) is 0 Å². The van der Waals surface area contributed by atoms with Crippen LogP contribution in [0.4, 0.5) is 0 Å². The second-order valence-electron chi connectivity index (χ2n) is 6.45. The van der Waals surface area contributed by atoms with Crippen LogP contribution in [0.15, 0.2) is 18.2 Å². The van der Waals surface area contributed by atoms with Gasteiger partial charge in [-0.2, -0.15) is 5.26 Å². The van der Waals surface area contributed by atoms with Gasteiger partial charge < -0.3 is 14.8 Å². The Hall–Kier alpha value is -2.55. The molecule has 1 aliphatic carbocycles. The van der Waals surface area contributed by atoms with Crippen molar-refractivity contribution in [3.05, 3.63) is 29.3 Å². The Morgan fingerprint density at radius 3 is 2.60 bits per heavy atom. The van der Waals surface area contributed by atoms with E-state index in [2.05, 4.69) is 11.4 Å². The van der Waals surface area contributed by atoms with Crippen molar-refractivity contribution in [2.75, 3.05) is 13.2 Å². The number of amides is 1. The highest BCUT2D eigenvalue weighted by molar-refractivity contribution is 5.81. The highest BCUT2D eigenvalue weighted by Crippen LogP contribution is 2.27. The lowest BCUT2D eigenvalue weighted by atomic mass is 9.83. The molecule has 1 aliphatic rings. The normalized spacial score (nSPS) is 15.7. The molecular formula is C19H24N2O4. The van der Waals surface area contributed by atoms with Crippen LogP contribution in [0.1, 0.15) is 43.2 Å². The fourth-order valence-corrected chi connectivity index (χ4v) is 2.93. The molecule has 6 nitrogen and oxygen atoms in total. The number of nitrogens with one attached hydrogen (secondary N) is 1. The van der Waals surface area contributed by atoms with Gasteiger partial charge in [-0.15, -0.1) is 0 Å². The summed E-state index contributed by atoms with van der Waals surface area (Å²) in [7, 11) is 0. The van der Waals surface area contributed by atoms with Crippen molar-refractivity contribution in [3.8, 4) is 11.8 Å². The summed E-state index contributed by atoms with van der Waals surface area (Å²) in [6.07, 6.45) is 4.18. The number of nitrogens with zero attached hydrogens (tertiary/aromatic N) is 1. The number of carbonyl (C=O) groups excluding carboxylic acids is 2. The minimum absolute atomic E-state index is 0.263. The van der Waals surface area contributed by atoms with E-state index in [0.717, 1.165) is 30.4 Å². The Bertz CT molecular complexity index is 672. The van der Waals surface area contributed by atoms with E-state index in [1.807, 2.05) is 26.0 Å². The predicted octanol–water partition coefficient (Wildman–Crippen LogP) is 2.57. The van der Waals surface area contributed by atoms with Crippen molar-refractivity contribution >= 4 is 11.9 Å². The van der Waals surface area contributed by atoms with Gasteiger partial charge in [-0.1, -0.05) is 31.4 Å². The molecule has 0 saturated heterocycles. The molecular weight excluding hydrogens is 320 g/mol. The Labute approximate surface area is 148 Å². The van der Waals surface area contributed by atoms with Crippen molar-refractivity contribution in [1.82, 2.24) is 5.32 Å². The number of rotatable bonds is 6. The zero-order valence-corrected chi connectivity index (χ0v) is 14.8. The molecule has 0 aliphatic heterocycles. The SMILES string of the molecule is Cc1cccc(OCC(=O)OCC(=O)NC2(C#N)CCCCC2)c1C. The molecule has 134 valence electrons. The molecule has 1 fully saturated rings. The number of carbonyl (C=O) groups is 2. The number of aryl methyl sites for hydroxylation is 1. The standard InChI is InChI=1S/C19H24N2O4/c1-14-7-6-8-16(15(14)2)24-12-18(23)25-11-17(22)21-19(13-20)9-4-3-5-10-19/h6-8H,3-5,9-12H2,1-2H3,(H,21,22). The third kappa shape index (κ3) is 5.21. The maximum absolute atomic E-state index is 12.0. The quantitative estimate of drug-likeness (QED) is 0.801. The first kappa shape index (κ1) is 18.8. The van der Waals surface area contributed by atoms with Gasteiger partial charge in [0, 0.05) is 0 Å². The van der Waals surface area contributed by atoms with Crippen molar-refractivity contribution < 1.29 is 19.1 Å². The van der Waals surface area contributed by atoms with E-state index in [1.165, 1.54) is 0 Å². The maximum atomic E-state index is 12.0. The fraction of sp³-hybridized carbons (Fsp3) is 0.526. The molecule has 0 atom stereocenters. The Kier molecular flexibility index (Phi) is 6.40. The van der Waals surface area contributed by atoms with Crippen LogP contribution in [-0.4, -0.2) is 30.6 Å². The number of esters is 1. The Morgan fingerprint density at radius 1 is 1.20 bits per heavy atom. The van der Waals surface area contributed by atoms with E-state index in [4.69, 9.17) is 9.47 Å². The molecule has 0 bridgehead atoms. The van der Waals surface area contributed by atoms with Crippen LogP contribution in [0.5, 0.6) is 5.75 Å². The second-order valence-corrected chi connectivity index (χ2v) is 6.45. The molecule has 1 aromatic rings. The van der Waals surface area contributed by atoms with Gasteiger partial charge in [-0.25, -0.2) is 4.79 Å². The molecule has 2 rings (SSSR count). The number of ether oxygens (including phenoxy) is 2. The second kappa shape index (κ2) is 8.52. The first-order valence-electron chi connectivity index (χ1n) is 8.53. The predicted molar refractivity (Wildman–Crippen MR) is 91.9 cm³/mol. The molecule has 0 spiro atoms. The molecule has 0 aromatic heterocycles. The van der Waals surface area contributed by atoms with Crippen LogP contribution in [0, 0.1) is 25.2 Å². The van der Waals surface area contributed by atoms with Crippen LogP contribution in [-0.2, 0) is 14.3 Å². The number of hydrogen-bond donors (Lipinski definition) is 1. The average molecular weight is 344 g/mol. The molecule has 25 heavy (non-hydrogen) atoms. The van der Waals surface area contributed by atoms with Crippen LogP contribution in [0.25, 0.3) is 0 Å². The van der Waals surface area contributed by atoms with Gasteiger partial charge in [0.1, 0.15) is 11.3 Å². The zero-order chi connectivity index (χ0) is 18.3. The van der Waals surface area contributed by atoms with Gasteiger partial charge in [0.15, 0.2) is 13.2 Å². The summed E-state index contributed by atoms with van der Waals surface area (Å²) in [5, 5.41) is 12.0. The first-order valence-corrected chi connectivity index (χ1v) is 8.53. The van der Waals surface area contributed by atoms with Gasteiger partial charge in [0.2, 0.25) is 0 Å². The maximum Gasteiger partial charge on any atom is 0.344 e. The van der Waals surface area contributed by atoms with Crippen molar-refractivity contribution in [2.24, 2.45) is 0 Å². The fourth-order valence-electron chi connectivity index (χ4n) is 2.93. The molecule has 1 amide bonds. The van der Waals surface area contributed by atoms with E-state index >= 15 is 0 Å². The van der Waals surface area contributed by atoms with Gasteiger partial charge in [0.05, 0.1) is 6.07 Å². The van der Waals surface area contributed by atoms with E-state index < -0.39 is 24.0 Å². The molecule has 0 unspecified atom stereocenters. The molecule has 6 heteroatoms. The van der Waals surface area contributed by atoms with Gasteiger partial charge in [-0.3, -0.25) is 4.79 Å². The van der Waals surface area contributed by atoms with Crippen LogP contribution < -0.4 is 10.1 Å². The minimum Gasteiger partial charge on any atom is -0.482 e. The smallest absolute Gasteiger partial charge is 0.344 e. The number of nitriles is 1. The van der Waals surface area contributed by atoms with Gasteiger partial charge in [-0.05, 0) is 43.9 Å². The lowest BCUT2D eigenvalue weighted by molar-refractivity contribution is -0.150. The average Bonchev–Trinajstić information content (AvgIpc) is 2.62. The lowest BCUT2D eigenvalue weighted by Crippen LogP contribution is -2.50. The molecule has 0 heterocycles. The monoisotopic (exact) mass is 344 g/mol. The lowest BCUT2D eigenvalue weighted by Gasteiger charge is -2.31. The molecule has 1 saturated carbocycles. The summed E-state index contributed by atoms with van der Waals surface area (Å²) < 4.78 is 10.4. The summed E-state index contributed by atoms with van der Waals surface area (Å²) in [4.78, 5) is 23.7. The molecule has 1 aromatic carbocycles. The van der Waals surface area contributed by atoms with Crippen molar-refractivity contribution in [2.45, 2.75) is 51.5 Å². The molecule has 1 N–H and O–H groups in total. The third-order valence-corrected chi connectivity index (χ3v) is 4.56. The van der Waals surface area contributed by atoms with E-state index in [1.54, 1.807) is 6.07 Å². The van der Waals surface area contributed by atoms with Crippen molar-refractivity contribution in [3.63, 3.8) is 0 Å². The number of benzene rings is 1. The molecule has 0 radical (unpaired) electrons. The minimum atomic E-state index is -0.823. The first-order chi connectivity index (χ1) is 12.0. The van der Waals surface area contributed by atoms with E-state index in [-0.39, 0.29) is 6.61 Å². The topological polar surface area (TPSA) is 88.4 Å². The third-order valence-electron chi connectivity index (χ3n) is 4.56. The highest BCUT2D eigenvalue weighted by Gasteiger charge is 2.33. The van der Waals surface area contributed by atoms with E-state index in [0.29, 0.717) is 18.6 Å². The highest BCUT2D eigenvalue weighted by atomic mass is 16.6. The summed E-state index contributed by atoms with van der Waals surface area (Å²) in [6, 6.07) is 7.79. The van der Waals surface area contributed by atoms with Crippen LogP contribution in [0.2, 0.25) is 0 Å². The summed E-state index contributed by atoms with van der Waals surface area (Å²) in [6.45, 7) is 3.20. The van der Waals surface area contributed by atoms with Gasteiger partial charge in [0.25, 0.3) is 5.91 Å². The Balaban J connectivity index is 1.76. The van der Waals surface area contributed by atoms with Crippen LogP contribution >= 0.6 is 0 Å². The summed E-state index contributed by atoms with van der Waals surface area (Å²) in [5.41, 5.74) is 1.21. The summed E-state index contributed by atoms with van der Waals surface area (Å²) >= 11 is 0. The largest absolute Gasteiger partial charge is 0.482 e.